The Kier molecular flexibility index (Phi) is 5.49. The number of nitrogens with one attached hydrogen (secondary N) is 1. The Bertz CT molecular complexity index is 1490. The average Bonchev–Trinajstić information content (AvgIpc) is 3.37. The second kappa shape index (κ2) is 8.50. The van der Waals surface area contributed by atoms with Crippen molar-refractivity contribution >= 4 is 50.0 Å². The predicted molar refractivity (Wildman–Crippen MR) is 135 cm³/mol. The van der Waals surface area contributed by atoms with Gasteiger partial charge in [0.1, 0.15) is 11.5 Å². The maximum atomic E-state index is 13.4. The number of methoxy groups -OCH3 is 1. The quantitative estimate of drug-likeness (QED) is 0.202. The number of aromatic amines is 1. The number of amides is 1. The third-order valence-electron chi connectivity index (χ3n) is 6.16. The molecule has 34 heavy (non-hydrogen) atoms. The number of hydrogen-bond acceptors (Lipinski definition) is 4. The van der Waals surface area contributed by atoms with Crippen LogP contribution < -0.4 is 9.64 Å². The fourth-order valence-electron chi connectivity index (χ4n) is 4.50. The second-order valence-electron chi connectivity index (χ2n) is 8.09. The van der Waals surface area contributed by atoms with Gasteiger partial charge in [0, 0.05) is 33.9 Å². The second-order valence-corrected chi connectivity index (χ2v) is 8.95. The van der Waals surface area contributed by atoms with Crippen LogP contribution in [0.15, 0.2) is 83.0 Å². The zero-order valence-corrected chi connectivity index (χ0v) is 20.1. The van der Waals surface area contributed by atoms with Crippen molar-refractivity contribution in [1.82, 2.24) is 4.98 Å². The molecule has 0 radical (unpaired) electrons. The van der Waals surface area contributed by atoms with Gasteiger partial charge in [0.25, 0.3) is 11.7 Å². The highest BCUT2D eigenvalue weighted by molar-refractivity contribution is 9.10. The normalized spacial score (nSPS) is 17.5. The molecule has 0 aliphatic carbocycles. The Morgan fingerprint density at radius 2 is 1.79 bits per heavy atom. The predicted octanol–water partition coefficient (Wildman–Crippen LogP) is 5.87. The number of Topliss-reactive ketones (excluding diaryl/α,β-unsaturated/α-hetero) is 1. The van der Waals surface area contributed by atoms with Crippen molar-refractivity contribution in [3.63, 3.8) is 0 Å². The molecular weight excluding hydrogens is 496 g/mol. The summed E-state index contributed by atoms with van der Waals surface area (Å²) in [6.07, 6.45) is 1.80. The highest BCUT2D eigenvalue weighted by Gasteiger charge is 2.48. The molecule has 2 N–H and O–H groups in total. The van der Waals surface area contributed by atoms with E-state index in [4.69, 9.17) is 4.74 Å². The summed E-state index contributed by atoms with van der Waals surface area (Å²) in [5.41, 5.74) is 3.51. The van der Waals surface area contributed by atoms with Crippen LogP contribution in [-0.2, 0) is 9.59 Å². The summed E-state index contributed by atoms with van der Waals surface area (Å²) >= 11 is 3.43. The zero-order valence-electron chi connectivity index (χ0n) is 18.5. The fourth-order valence-corrected chi connectivity index (χ4v) is 5.04. The molecule has 1 atom stereocenters. The number of halogens is 1. The number of carbonyl (C=O) groups is 2. The SMILES string of the molecule is COc1ccc(/C(O)=C2\C(=O)C(=O)N(c3ccccc3C)C2c2c[nH]c3ccccc23)cc1Br. The van der Waals surface area contributed by atoms with E-state index in [0.29, 0.717) is 21.5 Å². The summed E-state index contributed by atoms with van der Waals surface area (Å²) in [5.74, 6) is -1.07. The van der Waals surface area contributed by atoms with Gasteiger partial charge in [0.2, 0.25) is 0 Å². The molecule has 0 spiro atoms. The first-order valence-corrected chi connectivity index (χ1v) is 11.5. The Hall–Kier alpha value is -3.84. The molecule has 1 amide bonds. The van der Waals surface area contributed by atoms with E-state index >= 15 is 0 Å². The maximum absolute atomic E-state index is 13.4. The van der Waals surface area contributed by atoms with Crippen LogP contribution in [0.2, 0.25) is 0 Å². The molecular formula is C27H21BrN2O4. The van der Waals surface area contributed by atoms with E-state index in [1.165, 1.54) is 4.90 Å². The van der Waals surface area contributed by atoms with Crippen LogP contribution in [0.25, 0.3) is 16.7 Å². The summed E-state index contributed by atoms with van der Waals surface area (Å²) in [4.78, 5) is 31.5. The molecule has 4 aromatic rings. The van der Waals surface area contributed by atoms with Gasteiger partial charge in [-0.1, -0.05) is 36.4 Å². The van der Waals surface area contributed by atoms with Gasteiger partial charge >= 0.3 is 0 Å². The number of aromatic nitrogens is 1. The number of carbonyl (C=O) groups excluding carboxylic acids is 2. The van der Waals surface area contributed by atoms with E-state index in [2.05, 4.69) is 20.9 Å². The minimum atomic E-state index is -0.807. The molecule has 1 fully saturated rings. The lowest BCUT2D eigenvalue weighted by molar-refractivity contribution is -0.132. The Morgan fingerprint density at radius 1 is 1.06 bits per heavy atom. The van der Waals surface area contributed by atoms with E-state index in [-0.39, 0.29) is 11.3 Å². The molecule has 1 aromatic heterocycles. The molecule has 1 aliphatic heterocycles. The number of ketones is 1. The molecule has 170 valence electrons. The summed E-state index contributed by atoms with van der Waals surface area (Å²) in [6.45, 7) is 1.89. The van der Waals surface area contributed by atoms with Gasteiger partial charge in [-0.3, -0.25) is 14.5 Å². The number of fused-ring (bicyclic) bond motifs is 1. The average molecular weight is 517 g/mol. The number of H-pyrrole nitrogens is 1. The number of benzene rings is 3. The van der Waals surface area contributed by atoms with Gasteiger partial charge in [-0.15, -0.1) is 0 Å². The van der Waals surface area contributed by atoms with Crippen LogP contribution in [0.3, 0.4) is 0 Å². The molecule has 6 nitrogen and oxygen atoms in total. The van der Waals surface area contributed by atoms with E-state index in [0.717, 1.165) is 22.0 Å². The topological polar surface area (TPSA) is 82.6 Å². The number of para-hydroxylation sites is 2. The number of ether oxygens (including phenoxy) is 1. The lowest BCUT2D eigenvalue weighted by atomic mass is 9.94. The number of rotatable bonds is 4. The molecule has 0 bridgehead atoms. The largest absolute Gasteiger partial charge is 0.507 e. The van der Waals surface area contributed by atoms with Crippen molar-refractivity contribution in [2.45, 2.75) is 13.0 Å². The van der Waals surface area contributed by atoms with E-state index in [9.17, 15) is 14.7 Å². The number of aryl methyl sites for hydroxylation is 1. The molecule has 2 heterocycles. The summed E-state index contributed by atoms with van der Waals surface area (Å²) < 4.78 is 5.90. The van der Waals surface area contributed by atoms with Gasteiger partial charge in [0.05, 0.1) is 23.2 Å². The molecule has 3 aromatic carbocycles. The molecule has 1 saturated heterocycles. The Balaban J connectivity index is 1.79. The van der Waals surface area contributed by atoms with E-state index < -0.39 is 17.7 Å². The number of nitrogens with zero attached hydrogens (tertiary/aromatic N) is 1. The van der Waals surface area contributed by atoms with Crippen molar-refractivity contribution < 1.29 is 19.4 Å². The van der Waals surface area contributed by atoms with E-state index in [1.54, 1.807) is 31.5 Å². The van der Waals surface area contributed by atoms with Crippen LogP contribution in [0.4, 0.5) is 5.69 Å². The zero-order chi connectivity index (χ0) is 24.0. The minimum absolute atomic E-state index is 0.0371. The van der Waals surface area contributed by atoms with Crippen molar-refractivity contribution in [2.24, 2.45) is 0 Å². The van der Waals surface area contributed by atoms with Crippen LogP contribution >= 0.6 is 15.9 Å². The molecule has 1 unspecified atom stereocenters. The van der Waals surface area contributed by atoms with Crippen LogP contribution in [-0.4, -0.2) is 28.9 Å². The van der Waals surface area contributed by atoms with Crippen LogP contribution in [0.5, 0.6) is 5.75 Å². The Labute approximate surface area is 204 Å². The third kappa shape index (κ3) is 3.40. The van der Waals surface area contributed by atoms with Crippen LogP contribution in [0.1, 0.15) is 22.7 Å². The highest BCUT2D eigenvalue weighted by atomic mass is 79.9. The standard InChI is InChI=1S/C27H21BrN2O4/c1-15-7-3-6-10-21(15)30-24(18-14-29-20-9-5-4-8-17(18)20)23(26(32)27(30)33)25(31)16-11-12-22(34-2)19(28)13-16/h3-14,24,29,31H,1-2H3/b25-23+. The van der Waals surface area contributed by atoms with Gasteiger partial charge in [0.15, 0.2) is 0 Å². The highest BCUT2D eigenvalue weighted by Crippen LogP contribution is 2.45. The third-order valence-corrected chi connectivity index (χ3v) is 6.78. The first-order chi connectivity index (χ1) is 16.4. The van der Waals surface area contributed by atoms with Gasteiger partial charge in [-0.05, 0) is 58.7 Å². The monoisotopic (exact) mass is 516 g/mol. The molecule has 0 saturated carbocycles. The number of hydrogen-bond donors (Lipinski definition) is 2. The smallest absolute Gasteiger partial charge is 0.300 e. The van der Waals surface area contributed by atoms with Crippen molar-refractivity contribution in [1.29, 1.82) is 0 Å². The number of anilines is 1. The van der Waals surface area contributed by atoms with Gasteiger partial charge in [-0.2, -0.15) is 0 Å². The molecule has 1 aliphatic rings. The van der Waals surface area contributed by atoms with Gasteiger partial charge in [-0.25, -0.2) is 0 Å². The molecule has 5 rings (SSSR count). The van der Waals surface area contributed by atoms with Crippen molar-refractivity contribution in [3.8, 4) is 5.75 Å². The van der Waals surface area contributed by atoms with E-state index in [1.807, 2.05) is 55.5 Å². The lowest BCUT2D eigenvalue weighted by Gasteiger charge is -2.26. The minimum Gasteiger partial charge on any atom is -0.507 e. The first kappa shape index (κ1) is 22.0. The Morgan fingerprint density at radius 3 is 2.53 bits per heavy atom. The summed E-state index contributed by atoms with van der Waals surface area (Å²) in [7, 11) is 1.55. The first-order valence-electron chi connectivity index (χ1n) is 10.7. The molecule has 7 heteroatoms. The van der Waals surface area contributed by atoms with Crippen LogP contribution in [0, 0.1) is 6.92 Å². The number of aliphatic hydroxyl groups excluding tert-OH is 1. The number of aliphatic hydroxyl groups is 1. The summed E-state index contributed by atoms with van der Waals surface area (Å²) in [5, 5.41) is 12.3. The van der Waals surface area contributed by atoms with Crippen molar-refractivity contribution in [2.75, 3.05) is 12.0 Å². The van der Waals surface area contributed by atoms with Gasteiger partial charge < -0.3 is 14.8 Å². The lowest BCUT2D eigenvalue weighted by Crippen LogP contribution is -2.30. The van der Waals surface area contributed by atoms with Crippen molar-refractivity contribution in [3.05, 3.63) is 99.7 Å². The fraction of sp³-hybridized carbons (Fsp3) is 0.111. The summed E-state index contributed by atoms with van der Waals surface area (Å²) in [6, 6.07) is 19.3. The maximum Gasteiger partial charge on any atom is 0.300 e.